The molecule has 0 atom stereocenters. The molecule has 0 unspecified atom stereocenters. The van der Waals surface area contributed by atoms with E-state index in [1.807, 2.05) is 0 Å². The molecule has 18 aromatic rings. The smallest absolute Gasteiger partial charge is 0.134 e. The molecule has 0 spiro atoms. The molecule has 0 aromatic heterocycles. The first-order chi connectivity index (χ1) is 69.5. The van der Waals surface area contributed by atoms with Gasteiger partial charge in [-0.3, -0.25) is 0 Å². The molecule has 0 aliphatic heterocycles. The summed E-state index contributed by atoms with van der Waals surface area (Å²) in [6.45, 7) is 0. The molecular formula is C108H54F20O17. The van der Waals surface area contributed by atoms with E-state index in [9.17, 15) is 61.5 Å². The molecule has 17 nitrogen and oxygen atoms in total. The second kappa shape index (κ2) is 42.1. The van der Waals surface area contributed by atoms with Gasteiger partial charge < -0.3 is 80.5 Å². The largest absolute Gasteiger partial charge is 0.457 e. The van der Waals surface area contributed by atoms with E-state index < -0.39 is 180 Å². The summed E-state index contributed by atoms with van der Waals surface area (Å²) in [7, 11) is 0. The first kappa shape index (κ1) is 96.4. The van der Waals surface area contributed by atoms with Crippen LogP contribution in [0.2, 0.25) is 0 Å². The van der Waals surface area contributed by atoms with Crippen LogP contribution < -0.4 is 80.5 Å². The SMILES string of the molecule is Fc1cc(F)cc(Oc2cc(F)cc(Oc3cc(Oc4cc(F)cc(F)c4)cc(Oc4cc(Oc5cc(F)cc(Oc6cc(F)cc(F)c6)c5)cc(Oc5cc(Oc6cc(Oc7cc(F)cc(F)c7)cc(Oc7cc(F)cc(Oc8cc(F)cc(F)c8)c7)c6)cc(Oc6cc(Oc7cc(F)cc(Oc8cc(F)cc(F)c8)c7)cc(Oc7cc(Oc8cc(F)cc(F)c8)cc(Oc8cc(F)cc(F)c8)c7)c6)c5)c4)c3)c2)c1. The van der Waals surface area contributed by atoms with Crippen molar-refractivity contribution in [3.05, 3.63) is 444 Å². The highest BCUT2D eigenvalue weighted by Gasteiger charge is 2.24. The van der Waals surface area contributed by atoms with E-state index in [-0.39, 0.29) is 132 Å². The molecule has 0 N–H and O–H groups in total. The summed E-state index contributed by atoms with van der Waals surface area (Å²) in [4.78, 5) is 0. The predicted molar refractivity (Wildman–Crippen MR) is 476 cm³/mol. The van der Waals surface area contributed by atoms with Crippen LogP contribution in [0.25, 0.3) is 0 Å². The normalized spacial score (nSPS) is 11.0. The van der Waals surface area contributed by atoms with E-state index in [2.05, 4.69) is 0 Å². The van der Waals surface area contributed by atoms with Crippen LogP contribution in [0.15, 0.2) is 328 Å². The molecule has 0 saturated heterocycles. The highest BCUT2D eigenvalue weighted by Crippen LogP contribution is 2.48. The van der Waals surface area contributed by atoms with E-state index >= 15 is 26.3 Å². The zero-order valence-corrected chi connectivity index (χ0v) is 72.7. The number of rotatable bonds is 34. The van der Waals surface area contributed by atoms with Gasteiger partial charge in [0.1, 0.15) is 312 Å². The van der Waals surface area contributed by atoms with Crippen LogP contribution in [0.4, 0.5) is 87.8 Å². The van der Waals surface area contributed by atoms with Crippen molar-refractivity contribution in [1.29, 1.82) is 0 Å². The molecule has 37 heteroatoms. The van der Waals surface area contributed by atoms with Crippen molar-refractivity contribution in [3.8, 4) is 195 Å². The molecule has 0 aliphatic carbocycles. The summed E-state index contributed by atoms with van der Waals surface area (Å²) in [5.41, 5.74) is 0. The van der Waals surface area contributed by atoms with Crippen molar-refractivity contribution in [2.24, 2.45) is 0 Å². The van der Waals surface area contributed by atoms with Gasteiger partial charge in [0.2, 0.25) is 0 Å². The Balaban J connectivity index is 0.780. The molecule has 18 aromatic carbocycles. The summed E-state index contributed by atoms with van der Waals surface area (Å²) in [5.74, 6) is -34.1. The van der Waals surface area contributed by atoms with Gasteiger partial charge in [0.25, 0.3) is 0 Å². The molecule has 0 amide bonds. The minimum absolute atomic E-state index is 0.305. The molecule has 0 radical (unpaired) electrons. The van der Waals surface area contributed by atoms with Gasteiger partial charge in [0, 0.05) is 328 Å². The second-order valence-electron chi connectivity index (χ2n) is 30.9. The summed E-state index contributed by atoms with van der Waals surface area (Å²) in [6, 6.07) is 49.2. The van der Waals surface area contributed by atoms with E-state index in [1.165, 1.54) is 42.5 Å². The van der Waals surface area contributed by atoms with Crippen molar-refractivity contribution in [1.82, 2.24) is 0 Å². The number of hydrogen-bond acceptors (Lipinski definition) is 17. The van der Waals surface area contributed by atoms with Crippen LogP contribution in [0.5, 0.6) is 195 Å². The quantitative estimate of drug-likeness (QED) is 0.0351. The summed E-state index contributed by atoms with van der Waals surface area (Å²) < 4.78 is 402. The first-order valence-corrected chi connectivity index (χ1v) is 41.9. The van der Waals surface area contributed by atoms with Crippen LogP contribution in [0.1, 0.15) is 0 Å². The Morgan fingerprint density at radius 3 is 0.166 bits per heavy atom. The molecule has 0 aliphatic rings. The maximum atomic E-state index is 16.0. The Morgan fingerprint density at radius 2 is 0.103 bits per heavy atom. The Morgan fingerprint density at radius 1 is 0.0621 bits per heavy atom. The van der Waals surface area contributed by atoms with E-state index in [4.69, 9.17) is 80.5 Å². The highest BCUT2D eigenvalue weighted by atomic mass is 19.2. The van der Waals surface area contributed by atoms with Gasteiger partial charge in [-0.2, -0.15) is 0 Å². The topological polar surface area (TPSA) is 157 Å². The third-order valence-electron chi connectivity index (χ3n) is 19.2. The van der Waals surface area contributed by atoms with Gasteiger partial charge >= 0.3 is 0 Å². The van der Waals surface area contributed by atoms with Crippen molar-refractivity contribution < 1.29 is 168 Å². The number of halogens is 20. The van der Waals surface area contributed by atoms with Crippen LogP contribution >= 0.6 is 0 Å². The average molecular weight is 2000 g/mol. The van der Waals surface area contributed by atoms with Gasteiger partial charge in [-0.1, -0.05) is 0 Å². The van der Waals surface area contributed by atoms with E-state index in [0.717, 1.165) is 237 Å². The van der Waals surface area contributed by atoms with Crippen molar-refractivity contribution in [2.75, 3.05) is 0 Å². The van der Waals surface area contributed by atoms with Gasteiger partial charge in [0.05, 0.1) is 0 Å². The average Bonchev–Trinajstić information content (AvgIpc) is 0.812. The van der Waals surface area contributed by atoms with Crippen molar-refractivity contribution >= 4 is 0 Å². The van der Waals surface area contributed by atoms with E-state index in [1.54, 1.807) is 0 Å². The molecule has 18 rings (SSSR count). The Bertz CT molecular complexity index is 7770. The van der Waals surface area contributed by atoms with Gasteiger partial charge in [0.15, 0.2) is 0 Å². The fraction of sp³-hybridized carbons (Fsp3) is 0. The lowest BCUT2D eigenvalue weighted by Crippen LogP contribution is -1.96. The third-order valence-corrected chi connectivity index (χ3v) is 19.2. The number of ether oxygens (including phenoxy) is 17. The Hall–Kier alpha value is -18.8. The molecule has 0 heterocycles. The molecule has 0 saturated carbocycles. The molecule has 145 heavy (non-hydrogen) atoms. The Kier molecular flexibility index (Phi) is 28.0. The molecule has 0 fully saturated rings. The van der Waals surface area contributed by atoms with Crippen molar-refractivity contribution in [3.63, 3.8) is 0 Å². The van der Waals surface area contributed by atoms with Gasteiger partial charge in [-0.25, -0.2) is 87.8 Å². The monoisotopic (exact) mass is 2000 g/mol. The maximum Gasteiger partial charge on any atom is 0.134 e. The summed E-state index contributed by atoms with van der Waals surface area (Å²) >= 11 is 0. The van der Waals surface area contributed by atoms with Gasteiger partial charge in [-0.15, -0.1) is 0 Å². The summed E-state index contributed by atoms with van der Waals surface area (Å²) in [5, 5.41) is 0. The molecule has 0 bridgehead atoms. The maximum absolute atomic E-state index is 16.0. The van der Waals surface area contributed by atoms with Crippen LogP contribution in [0, 0.1) is 116 Å². The van der Waals surface area contributed by atoms with Crippen molar-refractivity contribution in [2.45, 2.75) is 0 Å². The third kappa shape index (κ3) is 27.0. The fourth-order valence-electron chi connectivity index (χ4n) is 14.0. The lowest BCUT2D eigenvalue weighted by atomic mass is 10.2. The fourth-order valence-corrected chi connectivity index (χ4v) is 14.0. The van der Waals surface area contributed by atoms with Gasteiger partial charge in [-0.05, 0) is 0 Å². The second-order valence-corrected chi connectivity index (χ2v) is 30.9. The predicted octanol–water partition coefficient (Wildman–Crippen LogP) is 34.9. The van der Waals surface area contributed by atoms with E-state index in [0.29, 0.717) is 48.5 Å². The Labute approximate surface area is 804 Å². The summed E-state index contributed by atoms with van der Waals surface area (Å²) in [6.07, 6.45) is 0. The standard InChI is InChI=1S/C108H54F20O17/c109-55-1-56(110)10-75(9-55)129-83-25-71(125)29-87(33-83)137-95-38-93(135-81-21-67(121)7-68(122)22-81)42-100(44-95)142-103-47-98(140-90-32-74(128)28-86(36-90)132-78-15-61(115)4-62(116)16-78)49-105(51-103)145-108-53-106(143-101-43-94(136-82-23-69(123)8-70(124)24-82)39-96(45-101)138-88-30-72(126)26-84(34-88)130-76-11-57(111)2-58(112)12-76)52-107(54-108)144-104-48-97(139-89-31-73(127)27-85(35-89)131-77-13-59(113)3-60(114)14-77)46-102(50-104)141-99-40-91(133-79-17-63(117)5-64(118)18-79)37-92(41-99)134-80-19-65(119)6-66(120)20-80/h1-54H. The lowest BCUT2D eigenvalue weighted by molar-refractivity contribution is 0.417. The highest BCUT2D eigenvalue weighted by molar-refractivity contribution is 5.58. The minimum Gasteiger partial charge on any atom is -0.457 e. The van der Waals surface area contributed by atoms with Crippen LogP contribution in [-0.2, 0) is 0 Å². The van der Waals surface area contributed by atoms with Crippen LogP contribution in [0.3, 0.4) is 0 Å². The molecule has 728 valence electrons. The zero-order valence-electron chi connectivity index (χ0n) is 72.7. The lowest BCUT2D eigenvalue weighted by Gasteiger charge is -2.17. The molecular weight excluding hydrogens is 1950 g/mol. The zero-order chi connectivity index (χ0) is 101. The number of benzene rings is 18. The first-order valence-electron chi connectivity index (χ1n) is 41.9. The number of hydrogen-bond donors (Lipinski definition) is 0. The minimum atomic E-state index is -1.11. The van der Waals surface area contributed by atoms with Crippen LogP contribution in [-0.4, -0.2) is 0 Å².